The van der Waals surface area contributed by atoms with Crippen molar-refractivity contribution >= 4 is 5.69 Å². The first-order valence-corrected chi connectivity index (χ1v) is 2.97. The molecule has 0 fully saturated rings. The van der Waals surface area contributed by atoms with Gasteiger partial charge in [0, 0.05) is 4.92 Å². The minimum absolute atomic E-state index is 0.105. The van der Waals surface area contributed by atoms with Crippen LogP contribution in [0.25, 0.3) is 0 Å². The third kappa shape index (κ3) is 3.59. The molecule has 0 bridgehead atoms. The normalized spacial score (nSPS) is 9.27. The van der Waals surface area contributed by atoms with Crippen LogP contribution >= 0.6 is 0 Å². The molecule has 4 nitrogen and oxygen atoms in total. The van der Waals surface area contributed by atoms with E-state index in [9.17, 15) is 10.1 Å². The number of nitro benzene ring substituents is 1. The average Bonchev–Trinajstić information content (AvgIpc) is 2.07. The number of hydrogen-bond donors (Lipinski definition) is 0. The maximum atomic E-state index is 9.99. The summed E-state index contributed by atoms with van der Waals surface area (Å²) >= 11 is -0.562. The van der Waals surface area contributed by atoms with E-state index in [1.165, 1.54) is 24.3 Å². The maximum absolute atomic E-state index is 9.99. The summed E-state index contributed by atoms with van der Waals surface area (Å²) in [5.74, 6) is 0. The van der Waals surface area contributed by atoms with Crippen molar-refractivity contribution in [3.8, 4) is 0 Å². The zero-order valence-corrected chi connectivity index (χ0v) is 6.36. The van der Waals surface area contributed by atoms with Crippen LogP contribution in [0.3, 0.4) is 0 Å². The second kappa shape index (κ2) is 5.69. The molecule has 0 N–H and O–H groups in total. The Labute approximate surface area is 72.1 Å². The first-order chi connectivity index (χ1) is 5.72. The number of benzene rings is 1. The molecular formula is C6H5CoNO3-. The molecule has 5 heteroatoms. The summed E-state index contributed by atoms with van der Waals surface area (Å²) in [6.45, 7) is 0. The average molecular weight is 200 g/mol. The van der Waals surface area contributed by atoms with Gasteiger partial charge in [-0.15, -0.1) is 0 Å². The quantitative estimate of drug-likeness (QED) is 0.386. The summed E-state index contributed by atoms with van der Waals surface area (Å²) in [6.07, 6.45) is 0. The third-order valence-electron chi connectivity index (χ3n) is 0.911. The molecule has 1 aromatic carbocycles. The van der Waals surface area contributed by atoms with Crippen LogP contribution in [-0.4, -0.2) is 5.89 Å². The van der Waals surface area contributed by atoms with Crippen molar-refractivity contribution in [2.45, 2.75) is 0 Å². The molecule has 0 spiro atoms. The van der Waals surface area contributed by atoms with Crippen LogP contribution < -0.4 is 0 Å². The molecule has 0 aliphatic rings. The molecule has 62 valence electrons. The van der Waals surface area contributed by atoms with Crippen LogP contribution in [0.4, 0.5) is 5.69 Å². The van der Waals surface area contributed by atoms with Crippen LogP contribution in [0.15, 0.2) is 24.3 Å². The van der Waals surface area contributed by atoms with Gasteiger partial charge in [-0.3, -0.25) is 10.1 Å². The van der Waals surface area contributed by atoms with Gasteiger partial charge in [0.05, 0.1) is 0 Å². The Morgan fingerprint density at radius 2 is 2.09 bits per heavy atom. The van der Waals surface area contributed by atoms with Crippen molar-refractivity contribution in [1.29, 1.82) is 0.968 Å². The first-order valence-electron chi connectivity index (χ1n) is 2.88. The molecule has 1 rings (SSSR count). The zero-order chi connectivity index (χ0) is 9.40. The molecule has 0 heterocycles. The fourth-order valence-electron chi connectivity index (χ4n) is 0.500. The predicted molar refractivity (Wildman–Crippen MR) is 34.0 cm³/mol. The number of nitro groups is 1. The number of rotatable bonds is 1. The van der Waals surface area contributed by atoms with E-state index in [1.807, 2.05) is 0 Å². The molecule has 11 heavy (non-hydrogen) atoms. The van der Waals surface area contributed by atoms with Crippen molar-refractivity contribution in [3.05, 3.63) is 40.4 Å². The van der Waals surface area contributed by atoms with Gasteiger partial charge in [-0.1, -0.05) is 12.1 Å². The fraction of sp³-hybridized carbons (Fsp3) is 0. The van der Waals surface area contributed by atoms with E-state index in [0.717, 1.165) is 0 Å². The molecule has 0 radical (unpaired) electrons. The van der Waals surface area contributed by atoms with Crippen molar-refractivity contribution in [2.24, 2.45) is 0 Å². The van der Waals surface area contributed by atoms with Gasteiger partial charge in [0.15, 0.2) is 5.69 Å². The Morgan fingerprint density at radius 1 is 1.64 bits per heavy atom. The number of nitrogens with zero attached hydrogens (tertiary/aromatic N) is 1. The van der Waals surface area contributed by atoms with E-state index in [4.69, 9.17) is 4.83 Å². The summed E-state index contributed by atoms with van der Waals surface area (Å²) in [7, 11) is 0. The van der Waals surface area contributed by atoms with Gasteiger partial charge in [-0.05, 0) is 0 Å². The van der Waals surface area contributed by atoms with Crippen LogP contribution in [0.5, 0.6) is 0 Å². The van der Waals surface area contributed by atoms with Gasteiger partial charge in [0.2, 0.25) is 0 Å². The van der Waals surface area contributed by atoms with E-state index in [2.05, 4.69) is 6.07 Å². The molecular weight excluding hydrogens is 193 g/mol. The Morgan fingerprint density at radius 3 is 2.36 bits per heavy atom. The van der Waals surface area contributed by atoms with Crippen LogP contribution in [0, 0.1) is 16.2 Å². The van der Waals surface area contributed by atoms with Gasteiger partial charge in [0.25, 0.3) is 0 Å². The Balaban J connectivity index is 0.000000354. The zero-order valence-electron chi connectivity index (χ0n) is 6.31. The van der Waals surface area contributed by atoms with Gasteiger partial charge in [-0.2, -0.15) is 18.2 Å². The summed E-state index contributed by atoms with van der Waals surface area (Å²) in [4.78, 5) is 9.56. The van der Waals surface area contributed by atoms with Gasteiger partial charge in [-0.25, -0.2) is 0 Å². The molecule has 0 aromatic heterocycles. The monoisotopic (exact) mass is 200 g/mol. The molecule has 0 atom stereocenters. The number of hydrogen-bond acceptors (Lipinski definition) is 3. The third-order valence-corrected chi connectivity index (χ3v) is 0.911. The van der Waals surface area contributed by atoms with Crippen LogP contribution in [0.2, 0.25) is 0 Å². The van der Waals surface area contributed by atoms with Gasteiger partial charge >= 0.3 is 20.4 Å². The SMILES string of the molecule is O=[N+]([O-])c1cc[c-]cc1.[3H][Co]=[O]. The van der Waals surface area contributed by atoms with Gasteiger partial charge in [0.1, 0.15) is 0 Å². The Hall–Kier alpha value is -1.07. The predicted octanol–water partition coefficient (Wildman–Crippen LogP) is 1.01. The molecule has 1 aromatic rings. The van der Waals surface area contributed by atoms with Crippen molar-refractivity contribution in [3.63, 3.8) is 0 Å². The summed E-state index contributed by atoms with van der Waals surface area (Å²) < 4.78 is 14.2. The van der Waals surface area contributed by atoms with Crippen molar-refractivity contribution in [2.75, 3.05) is 0 Å². The van der Waals surface area contributed by atoms with E-state index < -0.39 is 20.5 Å². The molecule has 0 aliphatic heterocycles. The van der Waals surface area contributed by atoms with E-state index in [1.54, 1.807) is 0 Å². The minimum atomic E-state index is -0.562. The summed E-state index contributed by atoms with van der Waals surface area (Å²) in [5.41, 5.74) is 0.105. The first kappa shape index (κ1) is 8.03. The fourth-order valence-corrected chi connectivity index (χ4v) is 0.500. The Kier molecular flexibility index (Phi) is 4.15. The van der Waals surface area contributed by atoms with Crippen LogP contribution in [-0.2, 0) is 19.4 Å². The topological polar surface area (TPSA) is 60.2 Å². The molecule has 0 amide bonds. The Bertz CT molecular complexity index is 254. The summed E-state index contributed by atoms with van der Waals surface area (Å²) in [5, 5.41) is 9.99. The number of non-ortho nitro benzene ring substituents is 1. The molecule has 0 saturated heterocycles. The van der Waals surface area contributed by atoms with Gasteiger partial charge < -0.3 is 0 Å². The molecule has 0 aliphatic carbocycles. The van der Waals surface area contributed by atoms with Crippen molar-refractivity contribution in [1.82, 2.24) is 0 Å². The van der Waals surface area contributed by atoms with Crippen LogP contribution in [0.1, 0.15) is 0 Å². The molecule has 0 saturated carbocycles. The molecule has 0 unspecified atom stereocenters. The standard InChI is InChI=1S/C6H4NO2.Co.O.H/c8-7(9)6-4-2-1-3-5-6;;;/h2-5H;;;/q-1;;;/i;;;1+2. The summed E-state index contributed by atoms with van der Waals surface area (Å²) in [6, 6.07) is 8.51. The van der Waals surface area contributed by atoms with Crippen molar-refractivity contribution < 1.29 is 24.3 Å². The van der Waals surface area contributed by atoms with E-state index >= 15 is 0 Å². The second-order valence-corrected chi connectivity index (χ2v) is 1.52. The van der Waals surface area contributed by atoms with E-state index in [0.29, 0.717) is 0 Å². The second-order valence-electron chi connectivity index (χ2n) is 1.52. The van der Waals surface area contributed by atoms with E-state index in [-0.39, 0.29) is 5.69 Å².